The van der Waals surface area contributed by atoms with Gasteiger partial charge >= 0.3 is 0 Å². The summed E-state index contributed by atoms with van der Waals surface area (Å²) in [5, 5.41) is 6.61. The molecule has 3 heteroatoms. The normalized spacial score (nSPS) is 7.44. The van der Waals surface area contributed by atoms with Crippen molar-refractivity contribution in [3.05, 3.63) is 24.3 Å². The number of nitrogens with zero attached hydrogens (tertiary/aromatic N) is 2. The Morgan fingerprint density at radius 3 is 2.22 bits per heavy atom. The Balaban J connectivity index is 0.000000291. The first-order valence-electron chi connectivity index (χ1n) is 2.82. The van der Waals surface area contributed by atoms with E-state index in [-0.39, 0.29) is 5.82 Å². The number of aromatic nitrogens is 2. The van der Waals surface area contributed by atoms with Crippen LogP contribution >= 0.6 is 0 Å². The van der Waals surface area contributed by atoms with E-state index in [1.54, 1.807) is 0 Å². The van der Waals surface area contributed by atoms with Crippen molar-refractivity contribution in [1.82, 2.24) is 10.2 Å². The molecule has 0 N–H and O–H groups in total. The quantitative estimate of drug-likeness (QED) is 0.530. The van der Waals surface area contributed by atoms with Crippen LogP contribution in [0.1, 0.15) is 13.8 Å². The first-order valence-corrected chi connectivity index (χ1v) is 2.82. The largest absolute Gasteiger partial charge is 0.205 e. The standard InChI is InChI=1S/C4H3FN2.C2H6/c5-4-1-2-6-7-3-4;1-2/h1-3H;1-2H3. The zero-order chi connectivity index (χ0) is 7.11. The van der Waals surface area contributed by atoms with Gasteiger partial charge in [-0.15, -0.1) is 0 Å². The summed E-state index contributed by atoms with van der Waals surface area (Å²) in [7, 11) is 0. The second-order valence-electron chi connectivity index (χ2n) is 1.06. The molecule has 0 aliphatic heterocycles. The molecule has 0 aliphatic rings. The zero-order valence-corrected chi connectivity index (χ0v) is 5.50. The molecule has 0 aliphatic carbocycles. The van der Waals surface area contributed by atoms with E-state index in [9.17, 15) is 4.39 Å². The Morgan fingerprint density at radius 2 is 2.00 bits per heavy atom. The van der Waals surface area contributed by atoms with Crippen LogP contribution in [0.15, 0.2) is 18.5 Å². The number of halogens is 1. The van der Waals surface area contributed by atoms with Crippen molar-refractivity contribution in [2.24, 2.45) is 0 Å². The highest BCUT2D eigenvalue weighted by atomic mass is 19.1. The molecule has 50 valence electrons. The van der Waals surface area contributed by atoms with E-state index in [2.05, 4.69) is 10.2 Å². The molecule has 0 unspecified atom stereocenters. The fraction of sp³-hybridized carbons (Fsp3) is 0.333. The molecular weight excluding hydrogens is 119 g/mol. The lowest BCUT2D eigenvalue weighted by atomic mass is 10.6. The highest BCUT2D eigenvalue weighted by Gasteiger charge is 1.79. The average Bonchev–Trinajstić information content (AvgIpc) is 1.94. The third-order valence-electron chi connectivity index (χ3n) is 0.548. The van der Waals surface area contributed by atoms with Crippen LogP contribution < -0.4 is 0 Å². The highest BCUT2D eigenvalue weighted by Crippen LogP contribution is 1.85. The molecule has 0 radical (unpaired) electrons. The first kappa shape index (κ1) is 8.01. The van der Waals surface area contributed by atoms with Gasteiger partial charge in [0.1, 0.15) is 5.82 Å². The van der Waals surface area contributed by atoms with Gasteiger partial charge in [0, 0.05) is 0 Å². The number of hydrogen-bond donors (Lipinski definition) is 0. The van der Waals surface area contributed by atoms with Crippen molar-refractivity contribution in [3.8, 4) is 0 Å². The second kappa shape index (κ2) is 5.15. The summed E-state index contributed by atoms with van der Waals surface area (Å²) >= 11 is 0. The van der Waals surface area contributed by atoms with Crippen molar-refractivity contribution >= 4 is 0 Å². The molecule has 1 heterocycles. The Kier molecular flexibility index (Phi) is 4.59. The summed E-state index contributed by atoms with van der Waals surface area (Å²) in [6.45, 7) is 4.00. The summed E-state index contributed by atoms with van der Waals surface area (Å²) in [4.78, 5) is 0. The van der Waals surface area contributed by atoms with Gasteiger partial charge < -0.3 is 0 Å². The predicted octanol–water partition coefficient (Wildman–Crippen LogP) is 1.64. The van der Waals surface area contributed by atoms with Crippen LogP contribution in [-0.2, 0) is 0 Å². The minimum absolute atomic E-state index is 0.352. The van der Waals surface area contributed by atoms with Crippen LogP contribution in [0.25, 0.3) is 0 Å². The van der Waals surface area contributed by atoms with E-state index in [4.69, 9.17) is 0 Å². The maximum Gasteiger partial charge on any atom is 0.144 e. The van der Waals surface area contributed by atoms with Crippen molar-refractivity contribution in [2.75, 3.05) is 0 Å². The molecule has 0 bridgehead atoms. The van der Waals surface area contributed by atoms with Crippen molar-refractivity contribution in [2.45, 2.75) is 13.8 Å². The zero-order valence-electron chi connectivity index (χ0n) is 5.50. The number of hydrogen-bond acceptors (Lipinski definition) is 2. The lowest BCUT2D eigenvalue weighted by Crippen LogP contribution is -1.77. The molecule has 1 aromatic rings. The third kappa shape index (κ3) is 3.58. The maximum atomic E-state index is 11.8. The van der Waals surface area contributed by atoms with Crippen LogP contribution in [0.2, 0.25) is 0 Å². The van der Waals surface area contributed by atoms with Gasteiger partial charge in [-0.3, -0.25) is 0 Å². The van der Waals surface area contributed by atoms with Gasteiger partial charge in [0.05, 0.1) is 12.4 Å². The molecule has 0 saturated heterocycles. The Labute approximate surface area is 53.7 Å². The maximum absolute atomic E-state index is 11.8. The lowest BCUT2D eigenvalue weighted by Gasteiger charge is -1.77. The van der Waals surface area contributed by atoms with E-state index in [1.807, 2.05) is 13.8 Å². The smallest absolute Gasteiger partial charge is 0.144 e. The van der Waals surface area contributed by atoms with Gasteiger partial charge in [-0.25, -0.2) is 4.39 Å². The summed E-state index contributed by atoms with van der Waals surface area (Å²) in [5.74, 6) is -0.352. The molecule has 2 nitrogen and oxygen atoms in total. The van der Waals surface area contributed by atoms with Crippen LogP contribution in [0.3, 0.4) is 0 Å². The molecule has 0 saturated carbocycles. The first-order chi connectivity index (χ1) is 4.39. The van der Waals surface area contributed by atoms with Crippen LogP contribution in [-0.4, -0.2) is 10.2 Å². The van der Waals surface area contributed by atoms with Crippen LogP contribution in [0.4, 0.5) is 4.39 Å². The topological polar surface area (TPSA) is 25.8 Å². The van der Waals surface area contributed by atoms with Crippen molar-refractivity contribution in [3.63, 3.8) is 0 Å². The lowest BCUT2D eigenvalue weighted by molar-refractivity contribution is 0.615. The monoisotopic (exact) mass is 128 g/mol. The Morgan fingerprint density at radius 1 is 1.33 bits per heavy atom. The van der Waals surface area contributed by atoms with E-state index in [0.717, 1.165) is 6.20 Å². The molecule has 0 atom stereocenters. The second-order valence-corrected chi connectivity index (χ2v) is 1.06. The molecule has 0 spiro atoms. The molecule has 9 heavy (non-hydrogen) atoms. The van der Waals surface area contributed by atoms with Crippen LogP contribution in [0, 0.1) is 5.82 Å². The van der Waals surface area contributed by atoms with E-state index in [0.29, 0.717) is 0 Å². The summed E-state index contributed by atoms with van der Waals surface area (Å²) in [6, 6.07) is 1.24. The fourth-order valence-electron chi connectivity index (χ4n) is 0.275. The fourth-order valence-corrected chi connectivity index (χ4v) is 0.275. The molecular formula is C6H9FN2. The molecule has 0 fully saturated rings. The van der Waals surface area contributed by atoms with Gasteiger partial charge in [0.2, 0.25) is 0 Å². The summed E-state index contributed by atoms with van der Waals surface area (Å²) in [6.07, 6.45) is 2.36. The van der Waals surface area contributed by atoms with E-state index < -0.39 is 0 Å². The average molecular weight is 128 g/mol. The summed E-state index contributed by atoms with van der Waals surface area (Å²) < 4.78 is 11.8. The van der Waals surface area contributed by atoms with Crippen molar-refractivity contribution < 1.29 is 4.39 Å². The third-order valence-corrected chi connectivity index (χ3v) is 0.548. The van der Waals surface area contributed by atoms with Gasteiger partial charge in [-0.05, 0) is 6.07 Å². The molecule has 0 amide bonds. The van der Waals surface area contributed by atoms with E-state index >= 15 is 0 Å². The van der Waals surface area contributed by atoms with E-state index in [1.165, 1.54) is 12.3 Å². The Hall–Kier alpha value is -0.990. The van der Waals surface area contributed by atoms with Gasteiger partial charge in [0.15, 0.2) is 0 Å². The number of rotatable bonds is 0. The van der Waals surface area contributed by atoms with Crippen LogP contribution in [0.5, 0.6) is 0 Å². The SMILES string of the molecule is CC.Fc1ccnnc1. The minimum Gasteiger partial charge on any atom is -0.205 e. The molecule has 0 aromatic carbocycles. The minimum atomic E-state index is -0.352. The summed E-state index contributed by atoms with van der Waals surface area (Å²) in [5.41, 5.74) is 0. The predicted molar refractivity (Wildman–Crippen MR) is 33.3 cm³/mol. The molecule has 1 rings (SSSR count). The van der Waals surface area contributed by atoms with Gasteiger partial charge in [-0.2, -0.15) is 10.2 Å². The van der Waals surface area contributed by atoms with Gasteiger partial charge in [0.25, 0.3) is 0 Å². The van der Waals surface area contributed by atoms with Gasteiger partial charge in [-0.1, -0.05) is 13.8 Å². The highest BCUT2D eigenvalue weighted by molar-refractivity contribution is 4.85. The molecule has 1 aromatic heterocycles. The van der Waals surface area contributed by atoms with Crippen molar-refractivity contribution in [1.29, 1.82) is 0 Å². The Bertz CT molecular complexity index is 141.